The summed E-state index contributed by atoms with van der Waals surface area (Å²) in [6.45, 7) is 12.5. The summed E-state index contributed by atoms with van der Waals surface area (Å²) < 4.78 is 32.3. The molecule has 28 heavy (non-hydrogen) atoms. The van der Waals surface area contributed by atoms with Gasteiger partial charge in [0.15, 0.2) is 6.00 Å². The van der Waals surface area contributed by atoms with Crippen LogP contribution < -0.4 is 0 Å². The fraction of sp³-hybridized carbons (Fsp3) is 0.727. The van der Waals surface area contributed by atoms with Crippen LogP contribution in [-0.2, 0) is 10.1 Å². The first-order chi connectivity index (χ1) is 13.2. The van der Waals surface area contributed by atoms with Crippen molar-refractivity contribution >= 4 is 21.7 Å². The van der Waals surface area contributed by atoms with Crippen molar-refractivity contribution in [1.29, 1.82) is 0 Å². The van der Waals surface area contributed by atoms with E-state index in [0.717, 1.165) is 16.1 Å². The summed E-state index contributed by atoms with van der Waals surface area (Å²) in [5, 5.41) is 0. The minimum atomic E-state index is -4.27. The van der Waals surface area contributed by atoms with Crippen LogP contribution in [0.25, 0.3) is 0 Å². The largest absolute Gasteiger partial charge is 0.744 e. The van der Waals surface area contributed by atoms with Gasteiger partial charge in [0, 0.05) is 0 Å². The lowest BCUT2D eigenvalue weighted by atomic mass is 10.1. The molecule has 164 valence electrons. The molecular weight excluding hydrogens is 394 g/mol. The van der Waals surface area contributed by atoms with E-state index in [1.165, 1.54) is 83.1 Å². The van der Waals surface area contributed by atoms with Crippen molar-refractivity contribution in [1.82, 2.24) is 0 Å². The molecule has 0 aliphatic heterocycles. The van der Waals surface area contributed by atoms with Crippen LogP contribution in [0.5, 0.6) is 0 Å². The van der Waals surface area contributed by atoms with Crippen molar-refractivity contribution in [2.75, 3.05) is 25.6 Å². The van der Waals surface area contributed by atoms with Gasteiger partial charge >= 0.3 is 0 Å². The Morgan fingerprint density at radius 1 is 0.821 bits per heavy atom. The normalized spacial score (nSPS) is 11.8. The molecule has 0 heterocycles. The number of aryl methyl sites for hydroxylation is 1. The van der Waals surface area contributed by atoms with Gasteiger partial charge in [-0.3, -0.25) is 0 Å². The molecule has 0 aliphatic rings. The average Bonchev–Trinajstić information content (AvgIpc) is 2.66. The summed E-state index contributed by atoms with van der Waals surface area (Å²) in [4.78, 5) is -0.178. The first kappa shape index (κ1) is 27.4. The standard InChI is InChI=1S/C15H33ClN.C7H8O3S/c1-4-7-10-13-17(15-16,12-9-6-3)14-11-8-5-2;1-6-2-4-7(5-3-6)11(8,9)10/h4-15H2,1-3H3;2-5H,1H3,(H,8,9,10)/q+1;/p-1. The number of nitrogens with zero attached hydrogens (tertiary/aromatic N) is 1. The highest BCUT2D eigenvalue weighted by atomic mass is 35.5. The van der Waals surface area contributed by atoms with Gasteiger partial charge in [-0.25, -0.2) is 8.42 Å². The molecule has 0 bridgehead atoms. The molecule has 6 heteroatoms. The highest BCUT2D eigenvalue weighted by molar-refractivity contribution is 7.85. The molecule has 0 saturated carbocycles. The van der Waals surface area contributed by atoms with Gasteiger partial charge in [-0.15, -0.1) is 0 Å². The van der Waals surface area contributed by atoms with Crippen molar-refractivity contribution in [3.05, 3.63) is 29.8 Å². The third-order valence-corrected chi connectivity index (χ3v) is 6.38. The molecule has 1 rings (SSSR count). The fourth-order valence-corrected chi connectivity index (χ4v) is 3.94. The van der Waals surface area contributed by atoms with Crippen molar-refractivity contribution < 1.29 is 17.5 Å². The molecule has 4 nitrogen and oxygen atoms in total. The Morgan fingerprint density at radius 2 is 1.25 bits per heavy atom. The van der Waals surface area contributed by atoms with Crippen LogP contribution in [-0.4, -0.2) is 43.1 Å². The van der Waals surface area contributed by atoms with Crippen LogP contribution in [0.3, 0.4) is 0 Å². The Bertz CT molecular complexity index is 593. The number of hydrogen-bond donors (Lipinski definition) is 0. The van der Waals surface area contributed by atoms with E-state index < -0.39 is 10.1 Å². The van der Waals surface area contributed by atoms with Crippen LogP contribution in [0, 0.1) is 6.92 Å². The molecule has 0 unspecified atom stereocenters. The topological polar surface area (TPSA) is 57.2 Å². The highest BCUT2D eigenvalue weighted by Gasteiger charge is 2.24. The molecule has 0 atom stereocenters. The Balaban J connectivity index is 0.000000567. The molecular formula is C22H40ClNO3S. The smallest absolute Gasteiger partial charge is 0.154 e. The van der Waals surface area contributed by atoms with Crippen LogP contribution in [0.15, 0.2) is 29.2 Å². The number of rotatable bonds is 13. The van der Waals surface area contributed by atoms with Gasteiger partial charge in [0.05, 0.1) is 24.5 Å². The predicted octanol–water partition coefficient (Wildman–Crippen LogP) is 6.08. The van der Waals surface area contributed by atoms with Gasteiger partial charge in [-0.2, -0.15) is 0 Å². The van der Waals surface area contributed by atoms with E-state index in [-0.39, 0.29) is 4.90 Å². The minimum absolute atomic E-state index is 0.178. The number of quaternary nitrogens is 1. The third-order valence-electron chi connectivity index (χ3n) is 5.02. The second-order valence-electron chi connectivity index (χ2n) is 7.67. The summed E-state index contributed by atoms with van der Waals surface area (Å²) in [5.41, 5.74) is 0.928. The minimum Gasteiger partial charge on any atom is -0.744 e. The summed E-state index contributed by atoms with van der Waals surface area (Å²) >= 11 is 6.29. The van der Waals surface area contributed by atoms with Crippen LogP contribution >= 0.6 is 11.6 Å². The molecule has 0 aliphatic carbocycles. The summed E-state index contributed by atoms with van der Waals surface area (Å²) in [6.07, 6.45) is 10.6. The lowest BCUT2D eigenvalue weighted by molar-refractivity contribution is -0.918. The molecule has 1 aromatic carbocycles. The molecule has 0 fully saturated rings. The number of benzene rings is 1. The fourth-order valence-electron chi connectivity index (χ4n) is 3.11. The quantitative estimate of drug-likeness (QED) is 0.124. The van der Waals surface area contributed by atoms with Gasteiger partial charge in [0.1, 0.15) is 10.1 Å². The second kappa shape index (κ2) is 15.3. The molecule has 0 aromatic heterocycles. The molecule has 0 N–H and O–H groups in total. The van der Waals surface area contributed by atoms with Crippen LogP contribution in [0.1, 0.15) is 77.7 Å². The Hall–Kier alpha value is -0.620. The zero-order chi connectivity index (χ0) is 21.5. The van der Waals surface area contributed by atoms with E-state index in [2.05, 4.69) is 20.8 Å². The monoisotopic (exact) mass is 433 g/mol. The van der Waals surface area contributed by atoms with E-state index >= 15 is 0 Å². The van der Waals surface area contributed by atoms with E-state index in [0.29, 0.717) is 0 Å². The van der Waals surface area contributed by atoms with Crippen molar-refractivity contribution in [3.63, 3.8) is 0 Å². The number of hydrogen-bond acceptors (Lipinski definition) is 3. The van der Waals surface area contributed by atoms with Gasteiger partial charge in [0.25, 0.3) is 0 Å². The van der Waals surface area contributed by atoms with Gasteiger partial charge in [0.2, 0.25) is 0 Å². The molecule has 0 radical (unpaired) electrons. The first-order valence-electron chi connectivity index (χ1n) is 10.7. The maximum absolute atomic E-state index is 10.4. The van der Waals surface area contributed by atoms with Crippen molar-refractivity contribution in [2.45, 2.75) is 84.0 Å². The predicted molar refractivity (Wildman–Crippen MR) is 119 cm³/mol. The summed E-state index contributed by atoms with van der Waals surface area (Å²) in [5.74, 6) is 0. The molecule has 1 aromatic rings. The molecule has 0 amide bonds. The van der Waals surface area contributed by atoms with Crippen LogP contribution in [0.4, 0.5) is 0 Å². The molecule has 0 saturated heterocycles. The van der Waals surface area contributed by atoms with Gasteiger partial charge in [-0.1, -0.05) is 69.3 Å². The summed E-state index contributed by atoms with van der Waals surface area (Å²) in [7, 11) is -4.27. The third kappa shape index (κ3) is 12.1. The Kier molecular flexibility index (Phi) is 14.9. The molecule has 0 spiro atoms. The lowest BCUT2D eigenvalue weighted by Crippen LogP contribution is -2.49. The highest BCUT2D eigenvalue weighted by Crippen LogP contribution is 2.16. The van der Waals surface area contributed by atoms with Gasteiger partial charge in [-0.05, 0) is 51.2 Å². The number of alkyl halides is 1. The van der Waals surface area contributed by atoms with Crippen LogP contribution in [0.2, 0.25) is 0 Å². The zero-order valence-electron chi connectivity index (χ0n) is 18.3. The van der Waals surface area contributed by atoms with E-state index in [1.54, 1.807) is 12.1 Å². The average molecular weight is 434 g/mol. The maximum atomic E-state index is 10.4. The van der Waals surface area contributed by atoms with E-state index in [9.17, 15) is 13.0 Å². The van der Waals surface area contributed by atoms with Crippen molar-refractivity contribution in [2.24, 2.45) is 0 Å². The first-order valence-corrected chi connectivity index (χ1v) is 12.6. The van der Waals surface area contributed by atoms with Gasteiger partial charge < -0.3 is 9.04 Å². The Morgan fingerprint density at radius 3 is 1.61 bits per heavy atom. The SMILES string of the molecule is CCCCC[N+](CCl)(CCCC)CCCCC.Cc1ccc(S(=O)(=O)[O-])cc1. The number of halogens is 1. The second-order valence-corrected chi connectivity index (χ2v) is 9.29. The Labute approximate surface area is 178 Å². The van der Waals surface area contributed by atoms with E-state index in [4.69, 9.17) is 11.6 Å². The van der Waals surface area contributed by atoms with E-state index in [1.807, 2.05) is 6.92 Å². The zero-order valence-corrected chi connectivity index (χ0v) is 19.8. The van der Waals surface area contributed by atoms with Crippen molar-refractivity contribution in [3.8, 4) is 0 Å². The maximum Gasteiger partial charge on any atom is 0.154 e. The number of unbranched alkanes of at least 4 members (excludes halogenated alkanes) is 5. The summed E-state index contributed by atoms with van der Waals surface area (Å²) in [6, 6.07) is 6.60. The lowest BCUT2D eigenvalue weighted by Gasteiger charge is -2.37.